The highest BCUT2D eigenvalue weighted by atomic mass is 14.1. The van der Waals surface area contributed by atoms with E-state index in [-0.39, 0.29) is 0 Å². The zero-order valence-electron chi connectivity index (χ0n) is 15.8. The fraction of sp³-hybridized carbons (Fsp3) is 0.864. The molecular formula is C22H43. The standard InChI is InChI=1S/C22H43/c1-4-7-10-12-13-14-16-18-21-22(19-9-6-3)20-17-15-11-8-5-2/h17,20,22H,2,4-16,18-19,21H2,1,3H3. The van der Waals surface area contributed by atoms with E-state index in [9.17, 15) is 0 Å². The zero-order valence-corrected chi connectivity index (χ0v) is 15.8. The third-order valence-electron chi connectivity index (χ3n) is 4.64. The van der Waals surface area contributed by atoms with Crippen LogP contribution in [0, 0.1) is 12.8 Å². The second-order valence-electron chi connectivity index (χ2n) is 6.94. The van der Waals surface area contributed by atoms with E-state index in [0.29, 0.717) is 0 Å². The molecule has 0 fully saturated rings. The maximum atomic E-state index is 3.92. The smallest absolute Gasteiger partial charge is 0.0234 e. The van der Waals surface area contributed by atoms with Crippen LogP contribution in [0.4, 0.5) is 0 Å². The topological polar surface area (TPSA) is 0 Å². The van der Waals surface area contributed by atoms with Gasteiger partial charge in [0.1, 0.15) is 0 Å². The molecule has 0 aromatic carbocycles. The van der Waals surface area contributed by atoms with E-state index in [4.69, 9.17) is 0 Å². The third kappa shape index (κ3) is 16.1. The normalized spacial score (nSPS) is 13.0. The summed E-state index contributed by atoms with van der Waals surface area (Å²) >= 11 is 0. The minimum absolute atomic E-state index is 0.847. The first-order chi connectivity index (χ1) is 10.8. The molecule has 0 aromatic rings. The number of unbranched alkanes of at least 4 members (excludes halogenated alkanes) is 11. The highest BCUT2D eigenvalue weighted by molar-refractivity contribution is 4.88. The molecule has 0 rings (SSSR count). The fourth-order valence-corrected chi connectivity index (χ4v) is 3.07. The predicted molar refractivity (Wildman–Crippen MR) is 103 cm³/mol. The summed E-state index contributed by atoms with van der Waals surface area (Å²) in [7, 11) is 0. The Morgan fingerprint density at radius 1 is 0.682 bits per heavy atom. The minimum atomic E-state index is 0.847. The van der Waals surface area contributed by atoms with Crippen molar-refractivity contribution in [3.63, 3.8) is 0 Å². The van der Waals surface area contributed by atoms with E-state index in [2.05, 4.69) is 32.9 Å². The molecule has 22 heavy (non-hydrogen) atoms. The van der Waals surface area contributed by atoms with E-state index >= 15 is 0 Å². The molecule has 1 atom stereocenters. The molecule has 0 aliphatic carbocycles. The van der Waals surface area contributed by atoms with Gasteiger partial charge in [-0.1, -0.05) is 110 Å². The lowest BCUT2D eigenvalue weighted by Crippen LogP contribution is -1.97. The van der Waals surface area contributed by atoms with E-state index in [1.807, 2.05) is 0 Å². The maximum Gasteiger partial charge on any atom is -0.0234 e. The second kappa shape index (κ2) is 18.8. The Bertz CT molecular complexity index is 216. The van der Waals surface area contributed by atoms with Gasteiger partial charge in [0.25, 0.3) is 0 Å². The third-order valence-corrected chi connectivity index (χ3v) is 4.64. The Morgan fingerprint density at radius 2 is 1.27 bits per heavy atom. The van der Waals surface area contributed by atoms with Crippen LogP contribution in [0.3, 0.4) is 0 Å². The Labute approximate surface area is 142 Å². The van der Waals surface area contributed by atoms with Crippen molar-refractivity contribution >= 4 is 0 Å². The number of allylic oxidation sites excluding steroid dienone is 2. The largest absolute Gasteiger partial charge is 0.0883 e. The van der Waals surface area contributed by atoms with Crippen LogP contribution < -0.4 is 0 Å². The van der Waals surface area contributed by atoms with Crippen molar-refractivity contribution in [2.75, 3.05) is 0 Å². The van der Waals surface area contributed by atoms with Crippen molar-refractivity contribution in [3.8, 4) is 0 Å². The summed E-state index contributed by atoms with van der Waals surface area (Å²) in [5.41, 5.74) is 0. The number of hydrogen-bond acceptors (Lipinski definition) is 0. The van der Waals surface area contributed by atoms with Crippen molar-refractivity contribution in [2.24, 2.45) is 5.92 Å². The predicted octanol–water partition coefficient (Wildman–Crippen LogP) is 8.27. The highest BCUT2D eigenvalue weighted by Crippen LogP contribution is 2.20. The van der Waals surface area contributed by atoms with Crippen LogP contribution in [-0.2, 0) is 0 Å². The molecule has 0 saturated heterocycles. The quantitative estimate of drug-likeness (QED) is 0.187. The molecule has 0 amide bonds. The van der Waals surface area contributed by atoms with Crippen molar-refractivity contribution < 1.29 is 0 Å². The van der Waals surface area contributed by atoms with Crippen molar-refractivity contribution in [2.45, 2.75) is 117 Å². The summed E-state index contributed by atoms with van der Waals surface area (Å²) in [6, 6.07) is 0. The van der Waals surface area contributed by atoms with E-state index in [1.54, 1.807) is 0 Å². The summed E-state index contributed by atoms with van der Waals surface area (Å²) in [6.07, 6.45) is 27.0. The van der Waals surface area contributed by atoms with Gasteiger partial charge in [0, 0.05) is 0 Å². The van der Waals surface area contributed by atoms with Gasteiger partial charge in [0.2, 0.25) is 0 Å². The lowest BCUT2D eigenvalue weighted by molar-refractivity contribution is 0.475. The highest BCUT2D eigenvalue weighted by Gasteiger charge is 2.04. The molecule has 1 radical (unpaired) electrons. The SMILES string of the molecule is [CH2]CCCCC=CC(CCCC)CCCCCCCCCC. The molecule has 0 spiro atoms. The van der Waals surface area contributed by atoms with E-state index in [1.165, 1.54) is 96.3 Å². The molecule has 1 unspecified atom stereocenters. The van der Waals surface area contributed by atoms with Gasteiger partial charge in [-0.15, -0.1) is 0 Å². The van der Waals surface area contributed by atoms with Crippen molar-refractivity contribution in [1.82, 2.24) is 0 Å². The molecule has 0 aliphatic heterocycles. The summed E-state index contributed by atoms with van der Waals surface area (Å²) in [4.78, 5) is 0. The first-order valence-electron chi connectivity index (χ1n) is 10.3. The van der Waals surface area contributed by atoms with E-state index in [0.717, 1.165) is 12.3 Å². The summed E-state index contributed by atoms with van der Waals surface area (Å²) < 4.78 is 0. The maximum absolute atomic E-state index is 3.92. The van der Waals surface area contributed by atoms with Gasteiger partial charge in [0.15, 0.2) is 0 Å². The van der Waals surface area contributed by atoms with Crippen LogP contribution in [0.25, 0.3) is 0 Å². The van der Waals surface area contributed by atoms with Crippen LogP contribution >= 0.6 is 0 Å². The molecule has 0 nitrogen and oxygen atoms in total. The molecule has 0 heteroatoms. The zero-order chi connectivity index (χ0) is 16.3. The van der Waals surface area contributed by atoms with Gasteiger partial charge in [-0.25, -0.2) is 0 Å². The van der Waals surface area contributed by atoms with Crippen LogP contribution in [0.5, 0.6) is 0 Å². The second-order valence-corrected chi connectivity index (χ2v) is 6.94. The monoisotopic (exact) mass is 307 g/mol. The molecule has 0 saturated carbocycles. The molecule has 0 heterocycles. The van der Waals surface area contributed by atoms with Crippen molar-refractivity contribution in [1.29, 1.82) is 0 Å². The summed E-state index contributed by atoms with van der Waals surface area (Å²) in [6.45, 7) is 8.52. The average Bonchev–Trinajstić information content (AvgIpc) is 2.54. The van der Waals surface area contributed by atoms with Crippen molar-refractivity contribution in [3.05, 3.63) is 19.1 Å². The lowest BCUT2D eigenvalue weighted by Gasteiger charge is -2.12. The fourth-order valence-electron chi connectivity index (χ4n) is 3.07. The molecular weight excluding hydrogens is 264 g/mol. The summed E-state index contributed by atoms with van der Waals surface area (Å²) in [5, 5.41) is 0. The van der Waals surface area contributed by atoms with Gasteiger partial charge in [-0.3, -0.25) is 0 Å². The van der Waals surface area contributed by atoms with Crippen LogP contribution in [0.15, 0.2) is 12.2 Å². The van der Waals surface area contributed by atoms with Crippen LogP contribution in [-0.4, -0.2) is 0 Å². The Morgan fingerprint density at radius 3 is 1.91 bits per heavy atom. The summed E-state index contributed by atoms with van der Waals surface area (Å²) in [5.74, 6) is 0.847. The van der Waals surface area contributed by atoms with Gasteiger partial charge in [0.05, 0.1) is 0 Å². The molecule has 0 aromatic heterocycles. The first kappa shape index (κ1) is 21.7. The van der Waals surface area contributed by atoms with Gasteiger partial charge < -0.3 is 0 Å². The van der Waals surface area contributed by atoms with E-state index < -0.39 is 0 Å². The molecule has 0 aliphatic rings. The van der Waals surface area contributed by atoms with Gasteiger partial charge >= 0.3 is 0 Å². The number of hydrogen-bond donors (Lipinski definition) is 0. The minimum Gasteiger partial charge on any atom is -0.0883 e. The van der Waals surface area contributed by atoms with Crippen LogP contribution in [0.1, 0.15) is 117 Å². The van der Waals surface area contributed by atoms with Crippen LogP contribution in [0.2, 0.25) is 0 Å². The molecule has 131 valence electrons. The lowest BCUT2D eigenvalue weighted by atomic mass is 9.94. The number of rotatable bonds is 17. The molecule has 0 bridgehead atoms. The molecule has 0 N–H and O–H groups in total. The Kier molecular flexibility index (Phi) is 18.6. The average molecular weight is 308 g/mol. The van der Waals surface area contributed by atoms with Gasteiger partial charge in [-0.2, -0.15) is 0 Å². The Hall–Kier alpha value is -0.260. The first-order valence-corrected chi connectivity index (χ1v) is 10.3. The Balaban J connectivity index is 3.66. The van der Waals surface area contributed by atoms with Gasteiger partial charge in [-0.05, 0) is 31.6 Å².